The molecular weight excluding hydrogens is 214 g/mol. The molecule has 0 aliphatic carbocycles. The van der Waals surface area contributed by atoms with Crippen LogP contribution in [-0.2, 0) is 4.74 Å². The van der Waals surface area contributed by atoms with Crippen molar-refractivity contribution < 1.29 is 14.6 Å². The Bertz CT molecular complexity index is 180. The fourth-order valence-electron chi connectivity index (χ4n) is 0.845. The summed E-state index contributed by atoms with van der Waals surface area (Å²) in [6, 6.07) is 0. The molecule has 0 heterocycles. The van der Waals surface area contributed by atoms with Crippen LogP contribution in [0.3, 0.4) is 0 Å². The maximum absolute atomic E-state index is 11.2. The molecule has 0 aliphatic rings. The van der Waals surface area contributed by atoms with Gasteiger partial charge in [-0.1, -0.05) is 0 Å². The quantitative estimate of drug-likeness (QED) is 0.687. The molecular formula is C10H21NO3S. The predicted molar refractivity (Wildman–Crippen MR) is 63.3 cm³/mol. The molecule has 0 aliphatic heterocycles. The summed E-state index contributed by atoms with van der Waals surface area (Å²) in [5, 5.41) is 11.2. The third-order valence-electron chi connectivity index (χ3n) is 1.37. The number of hydrogen-bond donors (Lipinski definition) is 2. The van der Waals surface area contributed by atoms with E-state index < -0.39 is 5.60 Å². The zero-order chi connectivity index (χ0) is 11.7. The largest absolute Gasteiger partial charge is 0.444 e. The third kappa shape index (κ3) is 11.5. The molecule has 0 aromatic rings. The predicted octanol–water partition coefficient (Wildman–Crippen LogP) is 1.63. The first-order chi connectivity index (χ1) is 6.95. The van der Waals surface area contributed by atoms with Gasteiger partial charge < -0.3 is 15.2 Å². The van der Waals surface area contributed by atoms with Crippen molar-refractivity contribution in [2.75, 3.05) is 24.7 Å². The van der Waals surface area contributed by atoms with Gasteiger partial charge in [-0.3, -0.25) is 0 Å². The first kappa shape index (κ1) is 14.6. The monoisotopic (exact) mass is 235 g/mol. The molecule has 5 heteroatoms. The fourth-order valence-corrected chi connectivity index (χ4v) is 1.53. The van der Waals surface area contributed by atoms with Crippen molar-refractivity contribution in [3.05, 3.63) is 0 Å². The van der Waals surface area contributed by atoms with Crippen molar-refractivity contribution in [3.63, 3.8) is 0 Å². The van der Waals surface area contributed by atoms with Gasteiger partial charge in [-0.15, -0.1) is 0 Å². The molecule has 0 atom stereocenters. The number of ether oxygens (including phenoxy) is 1. The van der Waals surface area contributed by atoms with Gasteiger partial charge >= 0.3 is 6.09 Å². The van der Waals surface area contributed by atoms with Gasteiger partial charge in [0.05, 0.1) is 6.61 Å². The lowest BCUT2D eigenvalue weighted by atomic mass is 10.2. The van der Waals surface area contributed by atoms with E-state index in [0.29, 0.717) is 6.54 Å². The van der Waals surface area contributed by atoms with Crippen LogP contribution in [0.15, 0.2) is 0 Å². The Kier molecular flexibility index (Phi) is 7.60. The van der Waals surface area contributed by atoms with Crippen LogP contribution in [0, 0.1) is 0 Å². The molecule has 90 valence electrons. The second kappa shape index (κ2) is 7.82. The summed E-state index contributed by atoms with van der Waals surface area (Å²) in [6.45, 7) is 6.34. The highest BCUT2D eigenvalue weighted by Gasteiger charge is 2.15. The molecule has 0 saturated heterocycles. The van der Waals surface area contributed by atoms with E-state index in [1.807, 2.05) is 20.8 Å². The highest BCUT2D eigenvalue weighted by molar-refractivity contribution is 7.99. The van der Waals surface area contributed by atoms with Gasteiger partial charge in [0.1, 0.15) is 5.60 Å². The van der Waals surface area contributed by atoms with Crippen molar-refractivity contribution in [1.82, 2.24) is 5.32 Å². The van der Waals surface area contributed by atoms with E-state index in [9.17, 15) is 4.79 Å². The molecule has 0 unspecified atom stereocenters. The second-order valence-corrected chi connectivity index (χ2v) is 5.34. The topological polar surface area (TPSA) is 58.6 Å². The van der Waals surface area contributed by atoms with Crippen LogP contribution in [0.1, 0.15) is 27.2 Å². The van der Waals surface area contributed by atoms with Crippen LogP contribution >= 0.6 is 11.8 Å². The van der Waals surface area contributed by atoms with Crippen molar-refractivity contribution in [1.29, 1.82) is 0 Å². The molecule has 0 spiro atoms. The van der Waals surface area contributed by atoms with Crippen LogP contribution in [0.5, 0.6) is 0 Å². The minimum atomic E-state index is -0.435. The van der Waals surface area contributed by atoms with Gasteiger partial charge in [0.2, 0.25) is 0 Å². The summed E-state index contributed by atoms with van der Waals surface area (Å²) in [6.07, 6.45) is 0.527. The maximum atomic E-state index is 11.2. The highest BCUT2D eigenvalue weighted by atomic mass is 32.2. The van der Waals surface area contributed by atoms with Gasteiger partial charge in [-0.05, 0) is 32.9 Å². The first-order valence-corrected chi connectivity index (χ1v) is 6.26. The Morgan fingerprint density at radius 3 is 2.60 bits per heavy atom. The number of rotatable bonds is 6. The minimum absolute atomic E-state index is 0.212. The smallest absolute Gasteiger partial charge is 0.407 e. The standard InChI is InChI=1S/C10H21NO3S/c1-10(2,3)14-9(13)11-5-4-7-15-8-6-12/h12H,4-8H2,1-3H3,(H,11,13). The Balaban J connectivity index is 3.32. The SMILES string of the molecule is CC(C)(C)OC(=O)NCCCSCCO. The van der Waals surface area contributed by atoms with Crippen LogP contribution in [-0.4, -0.2) is 41.5 Å². The van der Waals surface area contributed by atoms with Crippen molar-refractivity contribution in [3.8, 4) is 0 Å². The number of alkyl carbamates (subject to hydrolysis) is 1. The number of amides is 1. The van der Waals surface area contributed by atoms with Crippen molar-refractivity contribution in [2.45, 2.75) is 32.8 Å². The van der Waals surface area contributed by atoms with Gasteiger partial charge in [0, 0.05) is 12.3 Å². The molecule has 0 bridgehead atoms. The van der Waals surface area contributed by atoms with Crippen molar-refractivity contribution in [2.24, 2.45) is 0 Å². The van der Waals surface area contributed by atoms with E-state index in [1.165, 1.54) is 0 Å². The molecule has 2 N–H and O–H groups in total. The Morgan fingerprint density at radius 2 is 2.07 bits per heavy atom. The van der Waals surface area contributed by atoms with E-state index in [2.05, 4.69) is 5.32 Å². The zero-order valence-corrected chi connectivity index (χ0v) is 10.5. The van der Waals surface area contributed by atoms with Gasteiger partial charge in [-0.2, -0.15) is 11.8 Å². The summed E-state index contributed by atoms with van der Waals surface area (Å²) >= 11 is 1.68. The number of carbonyl (C=O) groups excluding carboxylic acids is 1. The number of carbonyl (C=O) groups is 1. The van der Waals surface area contributed by atoms with Gasteiger partial charge in [0.25, 0.3) is 0 Å². The Hall–Kier alpha value is -0.420. The lowest BCUT2D eigenvalue weighted by Gasteiger charge is -2.19. The molecule has 0 saturated carbocycles. The molecule has 1 amide bonds. The number of aliphatic hydroxyl groups excluding tert-OH is 1. The van der Waals surface area contributed by atoms with Crippen molar-refractivity contribution >= 4 is 17.9 Å². The molecule has 0 rings (SSSR count). The summed E-state index contributed by atoms with van der Waals surface area (Å²) in [5.41, 5.74) is -0.435. The van der Waals surface area contributed by atoms with E-state index in [4.69, 9.17) is 9.84 Å². The third-order valence-corrected chi connectivity index (χ3v) is 2.42. The minimum Gasteiger partial charge on any atom is -0.444 e. The lowest BCUT2D eigenvalue weighted by Crippen LogP contribution is -2.33. The zero-order valence-electron chi connectivity index (χ0n) is 9.71. The van der Waals surface area contributed by atoms with Crippen LogP contribution in [0.4, 0.5) is 4.79 Å². The second-order valence-electron chi connectivity index (χ2n) is 4.12. The summed E-state index contributed by atoms with van der Waals surface area (Å²) in [5.74, 6) is 1.70. The molecule has 0 radical (unpaired) electrons. The average molecular weight is 235 g/mol. The molecule has 0 fully saturated rings. The Labute approximate surface area is 95.8 Å². The lowest BCUT2D eigenvalue weighted by molar-refractivity contribution is 0.0528. The van der Waals surface area contributed by atoms with E-state index in [1.54, 1.807) is 11.8 Å². The number of hydrogen-bond acceptors (Lipinski definition) is 4. The molecule has 15 heavy (non-hydrogen) atoms. The fraction of sp³-hybridized carbons (Fsp3) is 0.900. The molecule has 0 aromatic heterocycles. The van der Waals surface area contributed by atoms with Gasteiger partial charge in [0.15, 0.2) is 0 Å². The van der Waals surface area contributed by atoms with E-state index in [0.717, 1.165) is 17.9 Å². The normalized spacial score (nSPS) is 11.2. The maximum Gasteiger partial charge on any atom is 0.407 e. The van der Waals surface area contributed by atoms with Crippen LogP contribution in [0.25, 0.3) is 0 Å². The van der Waals surface area contributed by atoms with E-state index >= 15 is 0 Å². The summed E-state index contributed by atoms with van der Waals surface area (Å²) < 4.78 is 5.07. The first-order valence-electron chi connectivity index (χ1n) is 5.11. The summed E-state index contributed by atoms with van der Waals surface area (Å²) in [4.78, 5) is 11.2. The summed E-state index contributed by atoms with van der Waals surface area (Å²) in [7, 11) is 0. The molecule has 0 aromatic carbocycles. The highest BCUT2D eigenvalue weighted by Crippen LogP contribution is 2.06. The van der Waals surface area contributed by atoms with Crippen LogP contribution < -0.4 is 5.32 Å². The number of nitrogens with one attached hydrogen (secondary N) is 1. The Morgan fingerprint density at radius 1 is 1.40 bits per heavy atom. The van der Waals surface area contributed by atoms with Gasteiger partial charge in [-0.25, -0.2) is 4.79 Å². The number of thioether (sulfide) groups is 1. The number of aliphatic hydroxyl groups is 1. The van der Waals surface area contributed by atoms with E-state index in [-0.39, 0.29) is 12.7 Å². The van der Waals surface area contributed by atoms with Crippen LogP contribution in [0.2, 0.25) is 0 Å². The molecule has 4 nitrogen and oxygen atoms in total. The average Bonchev–Trinajstić information content (AvgIpc) is 2.08.